The van der Waals surface area contributed by atoms with Gasteiger partial charge in [0.05, 0.1) is 0 Å². The summed E-state index contributed by atoms with van der Waals surface area (Å²) in [5.41, 5.74) is 4.93. The Kier molecular flexibility index (Phi) is 5.99. The summed E-state index contributed by atoms with van der Waals surface area (Å²) in [5.74, 6) is 1.72. The van der Waals surface area contributed by atoms with Crippen molar-refractivity contribution in [3.63, 3.8) is 0 Å². The third-order valence-corrected chi connectivity index (χ3v) is 3.50. The standard InChI is InChI=1S/C20H18O.C2H6/c1-15-3-7-17(8-4-15)18-9-13-20(14-10-18)21-19-11-5-16(2)6-12-19;1-2/h3-14H,1-2H3;1-2H3. The fourth-order valence-electron chi connectivity index (χ4n) is 2.20. The first-order valence-corrected chi connectivity index (χ1v) is 8.12. The van der Waals surface area contributed by atoms with Gasteiger partial charge in [-0.2, -0.15) is 0 Å². The molecule has 0 saturated carbocycles. The van der Waals surface area contributed by atoms with Gasteiger partial charge in [0.25, 0.3) is 0 Å². The van der Waals surface area contributed by atoms with Gasteiger partial charge in [-0.1, -0.05) is 73.5 Å². The molecule has 0 heterocycles. The van der Waals surface area contributed by atoms with Gasteiger partial charge < -0.3 is 4.74 Å². The summed E-state index contributed by atoms with van der Waals surface area (Å²) in [7, 11) is 0. The van der Waals surface area contributed by atoms with Gasteiger partial charge in [-0.25, -0.2) is 0 Å². The fraction of sp³-hybridized carbons (Fsp3) is 0.182. The summed E-state index contributed by atoms with van der Waals surface area (Å²) in [6, 6.07) is 24.8. The maximum Gasteiger partial charge on any atom is 0.127 e. The molecule has 3 aromatic carbocycles. The van der Waals surface area contributed by atoms with Crippen LogP contribution in [0.4, 0.5) is 0 Å². The summed E-state index contributed by atoms with van der Waals surface area (Å²) >= 11 is 0. The van der Waals surface area contributed by atoms with Crippen molar-refractivity contribution in [2.75, 3.05) is 0 Å². The third-order valence-electron chi connectivity index (χ3n) is 3.50. The smallest absolute Gasteiger partial charge is 0.127 e. The number of hydrogen-bond donors (Lipinski definition) is 0. The molecule has 1 nitrogen and oxygen atoms in total. The highest BCUT2D eigenvalue weighted by atomic mass is 16.5. The van der Waals surface area contributed by atoms with E-state index in [-0.39, 0.29) is 0 Å². The van der Waals surface area contributed by atoms with E-state index in [0.29, 0.717) is 0 Å². The van der Waals surface area contributed by atoms with Crippen molar-refractivity contribution in [2.24, 2.45) is 0 Å². The monoisotopic (exact) mass is 304 g/mol. The van der Waals surface area contributed by atoms with Crippen molar-refractivity contribution in [3.8, 4) is 22.6 Å². The predicted molar refractivity (Wildman–Crippen MR) is 99.2 cm³/mol. The van der Waals surface area contributed by atoms with Crippen LogP contribution in [-0.2, 0) is 0 Å². The molecule has 0 amide bonds. The molecule has 0 unspecified atom stereocenters. The van der Waals surface area contributed by atoms with Crippen molar-refractivity contribution in [1.82, 2.24) is 0 Å². The molecule has 0 radical (unpaired) electrons. The predicted octanol–water partition coefficient (Wildman–Crippen LogP) is 6.79. The van der Waals surface area contributed by atoms with Crippen LogP contribution in [0.1, 0.15) is 25.0 Å². The molecule has 3 rings (SSSR count). The molecule has 1 heteroatoms. The number of ether oxygens (including phenoxy) is 1. The topological polar surface area (TPSA) is 9.23 Å². The Labute approximate surface area is 139 Å². The fourth-order valence-corrected chi connectivity index (χ4v) is 2.20. The van der Waals surface area contributed by atoms with Crippen LogP contribution >= 0.6 is 0 Å². The Balaban J connectivity index is 0.000000924. The van der Waals surface area contributed by atoms with E-state index in [4.69, 9.17) is 4.74 Å². The minimum atomic E-state index is 0.856. The third kappa shape index (κ3) is 4.72. The lowest BCUT2D eigenvalue weighted by atomic mass is 10.0. The summed E-state index contributed by atoms with van der Waals surface area (Å²) in [6.45, 7) is 8.17. The molecule has 0 aliphatic rings. The first-order valence-electron chi connectivity index (χ1n) is 8.12. The second kappa shape index (κ2) is 8.19. The Morgan fingerprint density at radius 3 is 1.22 bits per heavy atom. The van der Waals surface area contributed by atoms with Crippen LogP contribution in [0, 0.1) is 13.8 Å². The molecule has 0 aliphatic heterocycles. The van der Waals surface area contributed by atoms with Gasteiger partial charge in [-0.05, 0) is 49.2 Å². The van der Waals surface area contributed by atoms with E-state index in [2.05, 4.69) is 62.4 Å². The van der Waals surface area contributed by atoms with E-state index >= 15 is 0 Å². The van der Waals surface area contributed by atoms with Gasteiger partial charge in [-0.15, -0.1) is 0 Å². The van der Waals surface area contributed by atoms with Gasteiger partial charge in [-0.3, -0.25) is 0 Å². The molecule has 0 atom stereocenters. The zero-order valence-electron chi connectivity index (χ0n) is 14.3. The van der Waals surface area contributed by atoms with Crippen LogP contribution in [-0.4, -0.2) is 0 Å². The van der Waals surface area contributed by atoms with Gasteiger partial charge in [0.2, 0.25) is 0 Å². The first-order chi connectivity index (χ1) is 11.2. The van der Waals surface area contributed by atoms with E-state index in [9.17, 15) is 0 Å². The molecule has 0 aliphatic carbocycles. The number of benzene rings is 3. The van der Waals surface area contributed by atoms with Crippen LogP contribution < -0.4 is 4.74 Å². The molecule has 0 saturated heterocycles. The van der Waals surface area contributed by atoms with Crippen molar-refractivity contribution in [3.05, 3.63) is 83.9 Å². The molecule has 0 aromatic heterocycles. The highest BCUT2D eigenvalue weighted by Gasteiger charge is 2.00. The minimum absolute atomic E-state index is 0.856. The average Bonchev–Trinajstić information content (AvgIpc) is 2.60. The molecule has 3 aromatic rings. The maximum atomic E-state index is 5.84. The Morgan fingerprint density at radius 2 is 0.783 bits per heavy atom. The Hall–Kier alpha value is -2.54. The molecule has 118 valence electrons. The molecule has 0 bridgehead atoms. The van der Waals surface area contributed by atoms with Crippen LogP contribution in [0.25, 0.3) is 11.1 Å². The van der Waals surface area contributed by atoms with Gasteiger partial charge in [0.15, 0.2) is 0 Å². The van der Waals surface area contributed by atoms with E-state index in [1.54, 1.807) is 0 Å². The van der Waals surface area contributed by atoms with Gasteiger partial charge in [0.1, 0.15) is 11.5 Å². The summed E-state index contributed by atoms with van der Waals surface area (Å²) in [4.78, 5) is 0. The summed E-state index contributed by atoms with van der Waals surface area (Å²) in [6.07, 6.45) is 0. The van der Waals surface area contributed by atoms with E-state index in [0.717, 1.165) is 11.5 Å². The maximum absolute atomic E-state index is 5.84. The first kappa shape index (κ1) is 16.8. The van der Waals surface area contributed by atoms with Crippen molar-refractivity contribution in [1.29, 1.82) is 0 Å². The molecule has 0 spiro atoms. The normalized spacial score (nSPS) is 9.74. The SMILES string of the molecule is CC.Cc1ccc(Oc2ccc(-c3ccc(C)cc3)cc2)cc1. The minimum Gasteiger partial charge on any atom is -0.457 e. The molecular weight excluding hydrogens is 280 g/mol. The number of rotatable bonds is 3. The van der Waals surface area contributed by atoms with E-state index < -0.39 is 0 Å². The average molecular weight is 304 g/mol. The van der Waals surface area contributed by atoms with Crippen molar-refractivity contribution in [2.45, 2.75) is 27.7 Å². The summed E-state index contributed by atoms with van der Waals surface area (Å²) < 4.78 is 5.84. The molecule has 23 heavy (non-hydrogen) atoms. The lowest BCUT2D eigenvalue weighted by molar-refractivity contribution is 0.482. The van der Waals surface area contributed by atoms with E-state index in [1.165, 1.54) is 22.3 Å². The lowest BCUT2D eigenvalue weighted by Gasteiger charge is -2.07. The van der Waals surface area contributed by atoms with Gasteiger partial charge in [0, 0.05) is 0 Å². The molecule has 0 fully saturated rings. The van der Waals surface area contributed by atoms with Crippen molar-refractivity contribution < 1.29 is 4.74 Å². The van der Waals surface area contributed by atoms with E-state index in [1.807, 2.05) is 38.1 Å². The largest absolute Gasteiger partial charge is 0.457 e. The second-order valence-electron chi connectivity index (χ2n) is 5.31. The number of hydrogen-bond acceptors (Lipinski definition) is 1. The number of aryl methyl sites for hydroxylation is 2. The highest BCUT2D eigenvalue weighted by molar-refractivity contribution is 5.64. The highest BCUT2D eigenvalue weighted by Crippen LogP contribution is 2.26. The lowest BCUT2D eigenvalue weighted by Crippen LogP contribution is -1.85. The Morgan fingerprint density at radius 1 is 0.478 bits per heavy atom. The van der Waals surface area contributed by atoms with Gasteiger partial charge >= 0.3 is 0 Å². The molecular formula is C22H24O. The quantitative estimate of drug-likeness (QED) is 0.517. The summed E-state index contributed by atoms with van der Waals surface area (Å²) in [5, 5.41) is 0. The van der Waals surface area contributed by atoms with Crippen molar-refractivity contribution >= 4 is 0 Å². The van der Waals surface area contributed by atoms with Crippen LogP contribution in [0.5, 0.6) is 11.5 Å². The van der Waals surface area contributed by atoms with Crippen LogP contribution in [0.2, 0.25) is 0 Å². The molecule has 0 N–H and O–H groups in total. The van der Waals surface area contributed by atoms with Crippen LogP contribution in [0.15, 0.2) is 72.8 Å². The Bertz CT molecular complexity index is 707. The zero-order chi connectivity index (χ0) is 16.7. The zero-order valence-corrected chi connectivity index (χ0v) is 14.3. The van der Waals surface area contributed by atoms with Crippen LogP contribution in [0.3, 0.4) is 0 Å². The second-order valence-corrected chi connectivity index (χ2v) is 5.31.